The molecule has 1 N–H and O–H groups in total. The number of hydrogen-bond donors (Lipinski definition) is 1. The number of carbonyl (C=O) groups is 1. The van der Waals surface area contributed by atoms with Gasteiger partial charge in [0.05, 0.1) is 18.8 Å². The standard InChI is InChI=1S/C19H32N6OS.HI/c1-4-20-19(21-13-17-22-15(2)16(3)27-17)25-11-9-23(10-12-25)14-18(26)24-7-5-6-8-24;/h4-14H2,1-3H3,(H,20,21);1H. The van der Waals surface area contributed by atoms with Gasteiger partial charge in [0.15, 0.2) is 5.96 Å². The largest absolute Gasteiger partial charge is 0.357 e. The maximum Gasteiger partial charge on any atom is 0.236 e. The van der Waals surface area contributed by atoms with Gasteiger partial charge < -0.3 is 15.1 Å². The summed E-state index contributed by atoms with van der Waals surface area (Å²) in [6.07, 6.45) is 2.31. The highest BCUT2D eigenvalue weighted by Crippen LogP contribution is 2.17. The number of guanidine groups is 1. The van der Waals surface area contributed by atoms with Crippen LogP contribution in [0.3, 0.4) is 0 Å². The normalized spacial score (nSPS) is 18.3. The minimum atomic E-state index is 0. The van der Waals surface area contributed by atoms with Gasteiger partial charge in [0.2, 0.25) is 5.91 Å². The third kappa shape index (κ3) is 6.28. The van der Waals surface area contributed by atoms with E-state index in [0.29, 0.717) is 13.1 Å². The lowest BCUT2D eigenvalue weighted by molar-refractivity contribution is -0.131. The fourth-order valence-corrected chi connectivity index (χ4v) is 4.41. The summed E-state index contributed by atoms with van der Waals surface area (Å²) < 4.78 is 0. The molecule has 1 aromatic heterocycles. The van der Waals surface area contributed by atoms with Crippen LogP contribution in [0.1, 0.15) is 35.3 Å². The first kappa shape index (κ1) is 23.3. The lowest BCUT2D eigenvalue weighted by Crippen LogP contribution is -2.54. The van der Waals surface area contributed by atoms with Crippen LogP contribution in [0.25, 0.3) is 0 Å². The Hall–Kier alpha value is -0.940. The quantitative estimate of drug-likeness (QED) is 0.366. The minimum Gasteiger partial charge on any atom is -0.357 e. The zero-order valence-electron chi connectivity index (χ0n) is 17.2. The van der Waals surface area contributed by atoms with Gasteiger partial charge in [-0.3, -0.25) is 9.69 Å². The van der Waals surface area contributed by atoms with Gasteiger partial charge in [0.25, 0.3) is 0 Å². The number of thiazole rings is 1. The average Bonchev–Trinajstić information content (AvgIpc) is 3.30. The van der Waals surface area contributed by atoms with E-state index >= 15 is 0 Å². The molecule has 0 atom stereocenters. The Kier molecular flexibility index (Phi) is 9.42. The lowest BCUT2D eigenvalue weighted by atomic mass is 10.3. The molecule has 0 aliphatic carbocycles. The van der Waals surface area contributed by atoms with Crippen molar-refractivity contribution in [1.29, 1.82) is 0 Å². The molecule has 28 heavy (non-hydrogen) atoms. The molecule has 7 nitrogen and oxygen atoms in total. The van der Waals surface area contributed by atoms with E-state index in [1.807, 2.05) is 11.8 Å². The number of aromatic nitrogens is 1. The summed E-state index contributed by atoms with van der Waals surface area (Å²) in [6, 6.07) is 0. The van der Waals surface area contributed by atoms with Gasteiger partial charge in [-0.05, 0) is 33.6 Å². The number of carbonyl (C=O) groups excluding carboxylic acids is 1. The van der Waals surface area contributed by atoms with E-state index in [-0.39, 0.29) is 29.9 Å². The first-order valence-corrected chi connectivity index (χ1v) is 10.8. The van der Waals surface area contributed by atoms with E-state index in [9.17, 15) is 4.79 Å². The maximum atomic E-state index is 12.3. The molecule has 1 aromatic rings. The average molecular weight is 520 g/mol. The van der Waals surface area contributed by atoms with Gasteiger partial charge in [-0.1, -0.05) is 0 Å². The number of piperazine rings is 1. The molecule has 158 valence electrons. The second-order valence-corrected chi connectivity index (χ2v) is 8.56. The molecule has 2 aliphatic heterocycles. The summed E-state index contributed by atoms with van der Waals surface area (Å²) in [7, 11) is 0. The molecule has 2 fully saturated rings. The Morgan fingerprint density at radius 2 is 1.79 bits per heavy atom. The topological polar surface area (TPSA) is 64.1 Å². The van der Waals surface area contributed by atoms with Gasteiger partial charge in [0, 0.05) is 50.7 Å². The summed E-state index contributed by atoms with van der Waals surface area (Å²) >= 11 is 1.73. The van der Waals surface area contributed by atoms with E-state index < -0.39 is 0 Å². The van der Waals surface area contributed by atoms with Crippen molar-refractivity contribution in [3.8, 4) is 0 Å². The monoisotopic (exact) mass is 520 g/mol. The van der Waals surface area contributed by atoms with E-state index in [2.05, 4.69) is 33.9 Å². The highest BCUT2D eigenvalue weighted by Gasteiger charge is 2.24. The van der Waals surface area contributed by atoms with Crippen molar-refractivity contribution in [2.45, 2.75) is 40.2 Å². The van der Waals surface area contributed by atoms with E-state index in [4.69, 9.17) is 4.99 Å². The van der Waals surface area contributed by atoms with Crippen LogP contribution in [0.5, 0.6) is 0 Å². The fourth-order valence-electron chi connectivity index (χ4n) is 3.55. The number of hydrogen-bond acceptors (Lipinski definition) is 5. The van der Waals surface area contributed by atoms with Gasteiger partial charge in [0.1, 0.15) is 5.01 Å². The summed E-state index contributed by atoms with van der Waals surface area (Å²) in [4.78, 5) is 29.6. The third-order valence-electron chi connectivity index (χ3n) is 5.26. The van der Waals surface area contributed by atoms with Crippen LogP contribution < -0.4 is 5.32 Å². The molecule has 2 aliphatic rings. The second-order valence-electron chi connectivity index (χ2n) is 7.27. The van der Waals surface area contributed by atoms with Crippen molar-refractivity contribution in [2.75, 3.05) is 52.4 Å². The van der Waals surface area contributed by atoms with E-state index in [1.54, 1.807) is 11.3 Å². The molecule has 0 saturated carbocycles. The zero-order chi connectivity index (χ0) is 19.2. The number of amides is 1. The molecule has 2 saturated heterocycles. The van der Waals surface area contributed by atoms with Crippen molar-refractivity contribution in [3.05, 3.63) is 15.6 Å². The van der Waals surface area contributed by atoms with E-state index in [0.717, 1.165) is 75.3 Å². The number of nitrogens with zero attached hydrogens (tertiary/aromatic N) is 5. The van der Waals surface area contributed by atoms with Gasteiger partial charge in [-0.15, -0.1) is 35.3 Å². The van der Waals surface area contributed by atoms with Crippen LogP contribution in [0.2, 0.25) is 0 Å². The van der Waals surface area contributed by atoms with Crippen LogP contribution >= 0.6 is 35.3 Å². The lowest BCUT2D eigenvalue weighted by Gasteiger charge is -2.36. The predicted molar refractivity (Wildman–Crippen MR) is 126 cm³/mol. The highest BCUT2D eigenvalue weighted by atomic mass is 127. The molecule has 0 aromatic carbocycles. The second kappa shape index (κ2) is 11.3. The molecule has 0 spiro atoms. The fraction of sp³-hybridized carbons (Fsp3) is 0.737. The summed E-state index contributed by atoms with van der Waals surface area (Å²) in [5, 5.41) is 4.47. The minimum absolute atomic E-state index is 0. The van der Waals surface area contributed by atoms with Crippen LogP contribution in [-0.2, 0) is 11.3 Å². The maximum absolute atomic E-state index is 12.3. The number of aliphatic imine (C=N–C) groups is 1. The Morgan fingerprint density at radius 1 is 1.11 bits per heavy atom. The number of rotatable bonds is 5. The van der Waals surface area contributed by atoms with Gasteiger partial charge in [-0.2, -0.15) is 0 Å². The molecule has 3 heterocycles. The van der Waals surface area contributed by atoms with Crippen molar-refractivity contribution in [3.63, 3.8) is 0 Å². The van der Waals surface area contributed by atoms with Crippen molar-refractivity contribution in [2.24, 2.45) is 4.99 Å². The third-order valence-corrected chi connectivity index (χ3v) is 6.32. The first-order valence-electron chi connectivity index (χ1n) is 10.0. The summed E-state index contributed by atoms with van der Waals surface area (Å²) in [5.41, 5.74) is 1.10. The number of likely N-dealkylation sites (tertiary alicyclic amines) is 1. The van der Waals surface area contributed by atoms with Crippen LogP contribution in [-0.4, -0.2) is 83.9 Å². The zero-order valence-corrected chi connectivity index (χ0v) is 20.4. The summed E-state index contributed by atoms with van der Waals surface area (Å²) in [5.74, 6) is 1.24. The smallest absolute Gasteiger partial charge is 0.236 e. The predicted octanol–water partition coefficient (Wildman–Crippen LogP) is 2.08. The molecule has 0 bridgehead atoms. The first-order chi connectivity index (χ1) is 13.1. The molecule has 3 rings (SSSR count). The van der Waals surface area contributed by atoms with Crippen molar-refractivity contribution >= 4 is 47.2 Å². The number of halogens is 1. The summed E-state index contributed by atoms with van der Waals surface area (Å²) in [6.45, 7) is 13.7. The van der Waals surface area contributed by atoms with Crippen molar-refractivity contribution < 1.29 is 4.79 Å². The van der Waals surface area contributed by atoms with Crippen LogP contribution in [0.4, 0.5) is 0 Å². The molecular formula is C19H33IN6OS. The highest BCUT2D eigenvalue weighted by molar-refractivity contribution is 14.0. The Balaban J connectivity index is 0.00000280. The SMILES string of the molecule is CCNC(=NCc1nc(C)c(C)s1)N1CCN(CC(=O)N2CCCC2)CC1.I. The van der Waals surface area contributed by atoms with Crippen LogP contribution in [0.15, 0.2) is 4.99 Å². The van der Waals surface area contributed by atoms with E-state index in [1.165, 1.54) is 4.88 Å². The van der Waals surface area contributed by atoms with Crippen LogP contribution in [0, 0.1) is 13.8 Å². The Bertz CT molecular complexity index is 646. The van der Waals surface area contributed by atoms with Gasteiger partial charge in [-0.25, -0.2) is 9.98 Å². The number of aryl methyl sites for hydroxylation is 2. The Labute approximate surface area is 189 Å². The molecule has 1 amide bonds. The number of nitrogens with one attached hydrogen (secondary N) is 1. The Morgan fingerprint density at radius 3 is 2.36 bits per heavy atom. The van der Waals surface area contributed by atoms with Crippen molar-refractivity contribution in [1.82, 2.24) is 25.0 Å². The van der Waals surface area contributed by atoms with Gasteiger partial charge >= 0.3 is 0 Å². The molecule has 0 radical (unpaired) electrons. The molecular weight excluding hydrogens is 487 g/mol. The molecule has 9 heteroatoms. The molecule has 0 unspecified atom stereocenters.